The maximum Gasteiger partial charge on any atom is 0.257 e. The standard InChI is InChI=1S/C21H19ClN2O4S/c1-3-10-28-17-9-4-13(12-18(17)27-2)11-16-19(25)23-21(29)24(20(16)26)15-7-5-14(22)6-8-15/h3-9,11-12,20,26H,1,10H2,2H3,(H,23,25,29)/b16-11+. The summed E-state index contributed by atoms with van der Waals surface area (Å²) >= 11 is 11.2. The summed E-state index contributed by atoms with van der Waals surface area (Å²) in [4.78, 5) is 13.9. The van der Waals surface area contributed by atoms with Gasteiger partial charge in [0.25, 0.3) is 5.91 Å². The second-order valence-electron chi connectivity index (χ2n) is 6.09. The van der Waals surface area contributed by atoms with E-state index in [1.54, 1.807) is 54.6 Å². The van der Waals surface area contributed by atoms with Crippen LogP contribution >= 0.6 is 23.8 Å². The Bertz CT molecular complexity index is 975. The van der Waals surface area contributed by atoms with Crippen molar-refractivity contribution in [3.05, 3.63) is 71.3 Å². The molecule has 2 aromatic rings. The topological polar surface area (TPSA) is 71.0 Å². The number of ether oxygens (including phenoxy) is 2. The van der Waals surface area contributed by atoms with Crippen molar-refractivity contribution in [1.29, 1.82) is 0 Å². The number of carbonyl (C=O) groups excluding carboxylic acids is 1. The number of nitrogens with zero attached hydrogens (tertiary/aromatic N) is 1. The number of amides is 1. The minimum atomic E-state index is -1.26. The fraction of sp³-hybridized carbons (Fsp3) is 0.143. The van der Waals surface area contributed by atoms with E-state index < -0.39 is 12.1 Å². The zero-order chi connectivity index (χ0) is 21.0. The van der Waals surface area contributed by atoms with E-state index in [9.17, 15) is 9.90 Å². The van der Waals surface area contributed by atoms with Crippen LogP contribution in [0.3, 0.4) is 0 Å². The highest BCUT2D eigenvalue weighted by Gasteiger charge is 2.34. The van der Waals surface area contributed by atoms with Gasteiger partial charge in [-0.3, -0.25) is 15.0 Å². The summed E-state index contributed by atoms with van der Waals surface area (Å²) in [7, 11) is 1.52. The fourth-order valence-electron chi connectivity index (χ4n) is 2.82. The Kier molecular flexibility index (Phi) is 6.53. The van der Waals surface area contributed by atoms with Gasteiger partial charge in [0.2, 0.25) is 0 Å². The molecule has 29 heavy (non-hydrogen) atoms. The van der Waals surface area contributed by atoms with E-state index in [1.165, 1.54) is 12.0 Å². The number of aliphatic hydroxyl groups excluding tert-OH is 1. The Hall–Kier alpha value is -2.87. The van der Waals surface area contributed by atoms with Gasteiger partial charge in [-0.2, -0.15) is 0 Å². The summed E-state index contributed by atoms with van der Waals surface area (Å²) in [6, 6.07) is 12.0. The first-order valence-corrected chi connectivity index (χ1v) is 9.44. The van der Waals surface area contributed by atoms with Crippen LogP contribution in [-0.2, 0) is 4.79 Å². The van der Waals surface area contributed by atoms with E-state index in [2.05, 4.69) is 11.9 Å². The third kappa shape index (κ3) is 4.59. The van der Waals surface area contributed by atoms with E-state index in [4.69, 9.17) is 33.3 Å². The number of aliphatic hydroxyl groups is 1. The van der Waals surface area contributed by atoms with Crippen molar-refractivity contribution in [2.45, 2.75) is 6.23 Å². The summed E-state index contributed by atoms with van der Waals surface area (Å²) < 4.78 is 10.9. The highest BCUT2D eigenvalue weighted by molar-refractivity contribution is 7.80. The number of benzene rings is 2. The molecule has 1 aliphatic rings. The van der Waals surface area contributed by atoms with Gasteiger partial charge in [-0.05, 0) is 60.3 Å². The quantitative estimate of drug-likeness (QED) is 0.415. The maximum atomic E-state index is 12.5. The molecule has 1 aliphatic heterocycles. The first-order chi connectivity index (χ1) is 13.9. The van der Waals surface area contributed by atoms with Gasteiger partial charge in [-0.25, -0.2) is 0 Å². The number of halogens is 1. The fourth-order valence-corrected chi connectivity index (χ4v) is 3.24. The van der Waals surface area contributed by atoms with Crippen LogP contribution < -0.4 is 19.7 Å². The average molecular weight is 431 g/mol. The molecule has 1 unspecified atom stereocenters. The van der Waals surface area contributed by atoms with Gasteiger partial charge in [0.1, 0.15) is 6.61 Å². The summed E-state index contributed by atoms with van der Waals surface area (Å²) in [5.41, 5.74) is 1.39. The normalized spacial score (nSPS) is 17.8. The first kappa shape index (κ1) is 20.9. The number of hydrogen-bond donors (Lipinski definition) is 2. The number of nitrogens with one attached hydrogen (secondary N) is 1. The van der Waals surface area contributed by atoms with Gasteiger partial charge in [0, 0.05) is 10.7 Å². The molecular weight excluding hydrogens is 412 g/mol. The van der Waals surface area contributed by atoms with Crippen LogP contribution in [0.1, 0.15) is 5.56 Å². The molecule has 1 heterocycles. The van der Waals surface area contributed by atoms with Crippen LogP contribution in [0.25, 0.3) is 6.08 Å². The van der Waals surface area contributed by atoms with Crippen molar-refractivity contribution in [3.8, 4) is 11.5 Å². The van der Waals surface area contributed by atoms with Crippen molar-refractivity contribution in [2.75, 3.05) is 18.6 Å². The molecule has 1 atom stereocenters. The molecule has 1 amide bonds. The minimum absolute atomic E-state index is 0.104. The molecule has 2 aromatic carbocycles. The molecule has 2 N–H and O–H groups in total. The molecule has 0 radical (unpaired) electrons. The number of hydrogen-bond acceptors (Lipinski definition) is 5. The van der Waals surface area contributed by atoms with Crippen LogP contribution in [0.5, 0.6) is 11.5 Å². The van der Waals surface area contributed by atoms with E-state index in [0.29, 0.717) is 34.4 Å². The molecule has 0 aliphatic carbocycles. The molecular formula is C21H19ClN2O4S. The largest absolute Gasteiger partial charge is 0.493 e. The predicted octanol–water partition coefficient (Wildman–Crippen LogP) is 3.54. The SMILES string of the molecule is C=CCOc1ccc(/C=C2\C(=O)NC(=S)N(c3ccc(Cl)cc3)C2O)cc1OC. The molecule has 0 saturated carbocycles. The molecule has 3 rings (SSSR count). The van der Waals surface area contributed by atoms with Crippen LogP contribution in [-0.4, -0.2) is 36.1 Å². The molecule has 6 nitrogen and oxygen atoms in total. The van der Waals surface area contributed by atoms with Crippen molar-refractivity contribution in [3.63, 3.8) is 0 Å². The Morgan fingerprint density at radius 3 is 2.66 bits per heavy atom. The van der Waals surface area contributed by atoms with Crippen molar-refractivity contribution in [2.24, 2.45) is 0 Å². The lowest BCUT2D eigenvalue weighted by atomic mass is 10.1. The van der Waals surface area contributed by atoms with E-state index in [-0.39, 0.29) is 10.7 Å². The number of thiocarbonyl (C=S) groups is 1. The Balaban J connectivity index is 1.94. The molecule has 1 saturated heterocycles. The summed E-state index contributed by atoms with van der Waals surface area (Å²) in [6.45, 7) is 3.95. The molecule has 0 bridgehead atoms. The van der Waals surface area contributed by atoms with E-state index in [1.807, 2.05) is 0 Å². The van der Waals surface area contributed by atoms with Crippen LogP contribution in [0, 0.1) is 0 Å². The molecule has 0 aromatic heterocycles. The van der Waals surface area contributed by atoms with E-state index >= 15 is 0 Å². The third-order valence-corrected chi connectivity index (χ3v) is 4.75. The second-order valence-corrected chi connectivity index (χ2v) is 6.91. The highest BCUT2D eigenvalue weighted by Crippen LogP contribution is 2.31. The van der Waals surface area contributed by atoms with Crippen molar-refractivity contribution >= 4 is 46.6 Å². The van der Waals surface area contributed by atoms with Gasteiger partial charge in [-0.1, -0.05) is 30.3 Å². The lowest BCUT2D eigenvalue weighted by Gasteiger charge is -2.35. The molecule has 1 fully saturated rings. The molecule has 150 valence electrons. The lowest BCUT2D eigenvalue weighted by Crippen LogP contribution is -2.56. The van der Waals surface area contributed by atoms with Crippen LogP contribution in [0.15, 0.2) is 60.7 Å². The van der Waals surface area contributed by atoms with Crippen molar-refractivity contribution < 1.29 is 19.4 Å². The van der Waals surface area contributed by atoms with Crippen LogP contribution in [0.2, 0.25) is 5.02 Å². The lowest BCUT2D eigenvalue weighted by molar-refractivity contribution is -0.117. The van der Waals surface area contributed by atoms with Gasteiger partial charge in [0.05, 0.1) is 12.7 Å². The number of rotatable bonds is 6. The third-order valence-electron chi connectivity index (χ3n) is 4.20. The Morgan fingerprint density at radius 1 is 1.28 bits per heavy atom. The zero-order valence-electron chi connectivity index (χ0n) is 15.6. The number of methoxy groups -OCH3 is 1. The molecule has 8 heteroatoms. The van der Waals surface area contributed by atoms with Gasteiger partial charge in [0.15, 0.2) is 22.8 Å². The average Bonchev–Trinajstić information content (AvgIpc) is 2.71. The summed E-state index contributed by atoms with van der Waals surface area (Å²) in [6.07, 6.45) is 1.94. The van der Waals surface area contributed by atoms with E-state index in [0.717, 1.165) is 0 Å². The smallest absolute Gasteiger partial charge is 0.257 e. The Labute approximate surface area is 179 Å². The Morgan fingerprint density at radius 2 is 2.00 bits per heavy atom. The second kappa shape index (κ2) is 9.09. The van der Waals surface area contributed by atoms with Gasteiger partial charge < -0.3 is 14.6 Å². The first-order valence-electron chi connectivity index (χ1n) is 8.66. The number of carbonyl (C=O) groups is 1. The maximum absolute atomic E-state index is 12.5. The predicted molar refractivity (Wildman–Crippen MR) is 117 cm³/mol. The van der Waals surface area contributed by atoms with Crippen LogP contribution in [0.4, 0.5) is 5.69 Å². The van der Waals surface area contributed by atoms with Crippen molar-refractivity contribution in [1.82, 2.24) is 5.32 Å². The van der Waals surface area contributed by atoms with Gasteiger partial charge in [-0.15, -0.1) is 0 Å². The zero-order valence-corrected chi connectivity index (χ0v) is 17.2. The highest BCUT2D eigenvalue weighted by atomic mass is 35.5. The van der Waals surface area contributed by atoms with Gasteiger partial charge >= 0.3 is 0 Å². The summed E-state index contributed by atoms with van der Waals surface area (Å²) in [5.74, 6) is 0.572. The summed E-state index contributed by atoms with van der Waals surface area (Å²) in [5, 5.41) is 14.1. The molecule has 0 spiro atoms. The number of anilines is 1. The minimum Gasteiger partial charge on any atom is -0.493 e. The monoisotopic (exact) mass is 430 g/mol.